The van der Waals surface area contributed by atoms with Gasteiger partial charge in [-0.25, -0.2) is 4.98 Å². The summed E-state index contributed by atoms with van der Waals surface area (Å²) in [7, 11) is 0. The van der Waals surface area contributed by atoms with Crippen molar-refractivity contribution >= 4 is 22.9 Å². The van der Waals surface area contributed by atoms with Crippen LogP contribution in [0.2, 0.25) is 0 Å². The van der Waals surface area contributed by atoms with Gasteiger partial charge in [-0.3, -0.25) is 0 Å². The molecule has 0 bridgehead atoms. The number of aryl methyl sites for hydroxylation is 2. The Labute approximate surface area is 79.1 Å². The highest BCUT2D eigenvalue weighted by atomic mass is 32.1. The first-order valence-corrected chi connectivity index (χ1v) is 5.27. The molecule has 0 unspecified atom stereocenters. The SMILES string of the molecule is Cc1nc(-c2sccc2C)ns1. The first-order chi connectivity index (χ1) is 5.77. The Morgan fingerprint density at radius 3 is 2.67 bits per heavy atom. The molecule has 2 aromatic rings. The van der Waals surface area contributed by atoms with Crippen molar-refractivity contribution in [3.8, 4) is 10.7 Å². The molecule has 0 saturated heterocycles. The molecule has 0 fully saturated rings. The van der Waals surface area contributed by atoms with E-state index in [2.05, 4.69) is 27.7 Å². The van der Waals surface area contributed by atoms with Gasteiger partial charge in [-0.1, -0.05) is 0 Å². The van der Waals surface area contributed by atoms with Crippen LogP contribution in [0.5, 0.6) is 0 Å². The second kappa shape index (κ2) is 2.95. The molecule has 2 nitrogen and oxygen atoms in total. The van der Waals surface area contributed by atoms with Crippen molar-refractivity contribution in [2.75, 3.05) is 0 Å². The zero-order valence-corrected chi connectivity index (χ0v) is 8.50. The molecule has 0 aliphatic heterocycles. The molecule has 62 valence electrons. The van der Waals surface area contributed by atoms with Gasteiger partial charge in [-0.05, 0) is 42.4 Å². The van der Waals surface area contributed by atoms with Crippen molar-refractivity contribution in [3.05, 3.63) is 22.0 Å². The highest BCUT2D eigenvalue weighted by molar-refractivity contribution is 7.14. The standard InChI is InChI=1S/C8H8N2S2/c1-5-3-4-11-7(5)8-9-6(2)12-10-8/h3-4H,1-2H3. The average molecular weight is 196 g/mol. The van der Waals surface area contributed by atoms with Gasteiger partial charge in [0.25, 0.3) is 0 Å². The summed E-state index contributed by atoms with van der Waals surface area (Å²) in [6, 6.07) is 2.09. The third kappa shape index (κ3) is 1.28. The summed E-state index contributed by atoms with van der Waals surface area (Å²) in [5.41, 5.74) is 1.26. The van der Waals surface area contributed by atoms with E-state index in [1.54, 1.807) is 11.3 Å². The van der Waals surface area contributed by atoms with Crippen molar-refractivity contribution in [2.45, 2.75) is 13.8 Å². The van der Waals surface area contributed by atoms with Crippen LogP contribution >= 0.6 is 22.9 Å². The summed E-state index contributed by atoms with van der Waals surface area (Å²) in [6.07, 6.45) is 0. The molecule has 0 N–H and O–H groups in total. The predicted octanol–water partition coefficient (Wildman–Crippen LogP) is 2.88. The van der Waals surface area contributed by atoms with Crippen molar-refractivity contribution in [3.63, 3.8) is 0 Å². The normalized spacial score (nSPS) is 10.5. The number of nitrogens with zero attached hydrogens (tertiary/aromatic N) is 2. The van der Waals surface area contributed by atoms with E-state index in [9.17, 15) is 0 Å². The Balaban J connectivity index is 2.50. The molecule has 0 aliphatic rings. The first kappa shape index (κ1) is 7.89. The largest absolute Gasteiger partial charge is 0.219 e. The molecule has 12 heavy (non-hydrogen) atoms. The Morgan fingerprint density at radius 2 is 2.17 bits per heavy atom. The minimum Gasteiger partial charge on any atom is -0.219 e. The first-order valence-electron chi connectivity index (χ1n) is 3.62. The van der Waals surface area contributed by atoms with Gasteiger partial charge in [0.15, 0.2) is 5.82 Å². The smallest absolute Gasteiger partial charge is 0.183 e. The van der Waals surface area contributed by atoms with Crippen molar-refractivity contribution in [1.82, 2.24) is 9.36 Å². The maximum Gasteiger partial charge on any atom is 0.183 e. The van der Waals surface area contributed by atoms with Crippen LogP contribution in [-0.2, 0) is 0 Å². The van der Waals surface area contributed by atoms with Crippen LogP contribution in [0.25, 0.3) is 10.7 Å². The highest BCUT2D eigenvalue weighted by Gasteiger charge is 2.07. The van der Waals surface area contributed by atoms with Gasteiger partial charge in [0, 0.05) is 0 Å². The van der Waals surface area contributed by atoms with Gasteiger partial charge in [-0.2, -0.15) is 4.37 Å². The van der Waals surface area contributed by atoms with Crippen molar-refractivity contribution < 1.29 is 0 Å². The Morgan fingerprint density at radius 1 is 1.33 bits per heavy atom. The molecule has 2 rings (SSSR count). The predicted molar refractivity (Wildman–Crippen MR) is 52.7 cm³/mol. The van der Waals surface area contributed by atoms with E-state index in [-0.39, 0.29) is 0 Å². The van der Waals surface area contributed by atoms with Crippen LogP contribution in [0, 0.1) is 13.8 Å². The lowest BCUT2D eigenvalue weighted by molar-refractivity contribution is 1.26. The lowest BCUT2D eigenvalue weighted by Gasteiger charge is -1.89. The number of hydrogen-bond donors (Lipinski definition) is 0. The maximum absolute atomic E-state index is 4.33. The fourth-order valence-corrected chi connectivity index (χ4v) is 2.39. The molecule has 0 amide bonds. The van der Waals surface area contributed by atoms with Crippen molar-refractivity contribution in [1.29, 1.82) is 0 Å². The van der Waals surface area contributed by atoms with Crippen LogP contribution in [0.3, 0.4) is 0 Å². The van der Waals surface area contributed by atoms with Crippen LogP contribution in [0.4, 0.5) is 0 Å². The quantitative estimate of drug-likeness (QED) is 0.701. The van der Waals surface area contributed by atoms with E-state index in [1.807, 2.05) is 6.92 Å². The van der Waals surface area contributed by atoms with Crippen LogP contribution in [0.15, 0.2) is 11.4 Å². The average Bonchev–Trinajstić information content (AvgIpc) is 2.58. The van der Waals surface area contributed by atoms with Gasteiger partial charge < -0.3 is 0 Å². The molecule has 0 aromatic carbocycles. The minimum absolute atomic E-state index is 0.880. The van der Waals surface area contributed by atoms with Crippen LogP contribution in [0.1, 0.15) is 10.6 Å². The van der Waals surface area contributed by atoms with Gasteiger partial charge >= 0.3 is 0 Å². The molecule has 2 heterocycles. The fraction of sp³-hybridized carbons (Fsp3) is 0.250. The Hall–Kier alpha value is -0.740. The van der Waals surface area contributed by atoms with E-state index >= 15 is 0 Å². The lowest BCUT2D eigenvalue weighted by atomic mass is 10.3. The number of rotatable bonds is 1. The molecular weight excluding hydrogens is 188 g/mol. The summed E-state index contributed by atoms with van der Waals surface area (Å²) in [4.78, 5) is 5.53. The number of thiophene rings is 1. The number of aromatic nitrogens is 2. The van der Waals surface area contributed by atoms with Gasteiger partial charge in [0.2, 0.25) is 0 Å². The fourth-order valence-electron chi connectivity index (χ4n) is 0.993. The summed E-state index contributed by atoms with van der Waals surface area (Å²) in [6.45, 7) is 4.06. The zero-order valence-electron chi connectivity index (χ0n) is 6.87. The van der Waals surface area contributed by atoms with Gasteiger partial charge in [-0.15, -0.1) is 11.3 Å². The Bertz CT molecular complexity index is 389. The zero-order chi connectivity index (χ0) is 8.55. The van der Waals surface area contributed by atoms with E-state index < -0.39 is 0 Å². The second-order valence-corrected chi connectivity index (χ2v) is 4.44. The monoisotopic (exact) mass is 196 g/mol. The third-order valence-electron chi connectivity index (χ3n) is 1.59. The van der Waals surface area contributed by atoms with E-state index in [0.29, 0.717) is 0 Å². The van der Waals surface area contributed by atoms with E-state index in [1.165, 1.54) is 22.0 Å². The summed E-state index contributed by atoms with van der Waals surface area (Å²) >= 11 is 3.15. The summed E-state index contributed by atoms with van der Waals surface area (Å²) < 4.78 is 4.26. The summed E-state index contributed by atoms with van der Waals surface area (Å²) in [5, 5.41) is 3.10. The molecule has 2 aromatic heterocycles. The highest BCUT2D eigenvalue weighted by Crippen LogP contribution is 2.27. The molecule has 0 spiro atoms. The molecule has 0 saturated carbocycles. The lowest BCUT2D eigenvalue weighted by Crippen LogP contribution is -1.77. The third-order valence-corrected chi connectivity index (χ3v) is 3.22. The molecule has 0 atom stereocenters. The minimum atomic E-state index is 0.880. The molecule has 0 radical (unpaired) electrons. The van der Waals surface area contributed by atoms with Crippen LogP contribution < -0.4 is 0 Å². The van der Waals surface area contributed by atoms with Crippen molar-refractivity contribution in [2.24, 2.45) is 0 Å². The maximum atomic E-state index is 4.33. The second-order valence-electron chi connectivity index (χ2n) is 2.57. The summed E-state index contributed by atoms with van der Waals surface area (Å²) in [5.74, 6) is 0.880. The van der Waals surface area contributed by atoms with E-state index in [4.69, 9.17) is 0 Å². The number of hydrogen-bond acceptors (Lipinski definition) is 4. The molecule has 4 heteroatoms. The van der Waals surface area contributed by atoms with E-state index in [0.717, 1.165) is 10.8 Å². The van der Waals surface area contributed by atoms with Crippen LogP contribution in [-0.4, -0.2) is 9.36 Å². The van der Waals surface area contributed by atoms with Gasteiger partial charge in [0.05, 0.1) is 4.88 Å². The van der Waals surface area contributed by atoms with Gasteiger partial charge in [0.1, 0.15) is 5.01 Å². The molecular formula is C8H8N2S2. The topological polar surface area (TPSA) is 25.8 Å². The molecule has 0 aliphatic carbocycles. The Kier molecular flexibility index (Phi) is 1.94.